The Morgan fingerprint density at radius 1 is 1.13 bits per heavy atom. The van der Waals surface area contributed by atoms with Gasteiger partial charge in [-0.05, 0) is 18.2 Å². The fourth-order valence-electron chi connectivity index (χ4n) is 2.85. The number of pyridine rings is 1. The topological polar surface area (TPSA) is 55.1 Å². The molecule has 1 amide bonds. The summed E-state index contributed by atoms with van der Waals surface area (Å²) in [7, 11) is 0. The van der Waals surface area contributed by atoms with E-state index >= 15 is 0 Å². The zero-order valence-corrected chi connectivity index (χ0v) is 16.5. The number of nitrogens with one attached hydrogen (secondary N) is 1. The van der Waals surface area contributed by atoms with Gasteiger partial charge < -0.3 is 9.73 Å². The first-order valence-electron chi connectivity index (χ1n) is 8.97. The number of furan rings is 1. The first kappa shape index (κ1) is 21.8. The Labute approximate surface area is 174 Å². The number of alkyl halides is 4. The number of aromatic nitrogens is 1. The van der Waals surface area contributed by atoms with Gasteiger partial charge in [-0.15, -0.1) is 0 Å². The molecule has 0 fully saturated rings. The van der Waals surface area contributed by atoms with E-state index in [9.17, 15) is 22.4 Å². The van der Waals surface area contributed by atoms with Crippen LogP contribution in [0.2, 0.25) is 5.02 Å². The van der Waals surface area contributed by atoms with E-state index in [2.05, 4.69) is 4.98 Å². The lowest BCUT2D eigenvalue weighted by atomic mass is 9.99. The lowest BCUT2D eigenvalue weighted by molar-refractivity contribution is -0.0104. The van der Waals surface area contributed by atoms with Crippen molar-refractivity contribution in [2.45, 2.75) is 25.2 Å². The fraction of sp³-hybridized carbons (Fsp3) is 0.238. The molecule has 0 aliphatic rings. The number of hydrogen-bond donors (Lipinski definition) is 1. The summed E-state index contributed by atoms with van der Waals surface area (Å²) >= 11 is 5.98. The number of rotatable bonds is 7. The molecule has 0 atom stereocenters. The third-order valence-electron chi connectivity index (χ3n) is 4.52. The van der Waals surface area contributed by atoms with Crippen molar-refractivity contribution in [1.29, 1.82) is 0 Å². The first-order chi connectivity index (χ1) is 14.2. The van der Waals surface area contributed by atoms with Crippen molar-refractivity contribution in [3.05, 3.63) is 77.0 Å². The fourth-order valence-corrected chi connectivity index (χ4v) is 3.16. The molecule has 0 saturated heterocycles. The molecule has 0 bridgehead atoms. The van der Waals surface area contributed by atoms with Gasteiger partial charge in [0, 0.05) is 34.9 Å². The van der Waals surface area contributed by atoms with E-state index in [0.717, 1.165) is 12.1 Å². The summed E-state index contributed by atoms with van der Waals surface area (Å²) in [4.78, 5) is 16.1. The molecule has 3 rings (SSSR count). The molecule has 0 unspecified atom stereocenters. The number of carbonyl (C=O) groups excluding carboxylic acids is 1. The Hall–Kier alpha value is -2.87. The summed E-state index contributed by atoms with van der Waals surface area (Å²) in [5.41, 5.74) is -0.526. The van der Waals surface area contributed by atoms with E-state index in [0.29, 0.717) is 11.1 Å². The average molecular weight is 441 g/mol. The molecule has 1 N–H and O–H groups in total. The van der Waals surface area contributed by atoms with E-state index in [1.54, 1.807) is 6.07 Å². The van der Waals surface area contributed by atoms with Crippen LogP contribution in [0.15, 0.2) is 59.5 Å². The maximum atomic E-state index is 14.6. The highest BCUT2D eigenvalue weighted by Crippen LogP contribution is 2.35. The summed E-state index contributed by atoms with van der Waals surface area (Å²) in [6, 6.07) is 7.93. The third kappa shape index (κ3) is 4.48. The molecule has 9 heteroatoms. The van der Waals surface area contributed by atoms with Gasteiger partial charge in [0.05, 0.1) is 24.1 Å². The average Bonchev–Trinajstić information content (AvgIpc) is 3.26. The highest BCUT2D eigenvalue weighted by atomic mass is 35.5. The van der Waals surface area contributed by atoms with E-state index in [1.165, 1.54) is 43.8 Å². The number of halogens is 5. The Morgan fingerprint density at radius 3 is 2.50 bits per heavy atom. The second kappa shape index (κ2) is 8.47. The van der Waals surface area contributed by atoms with Gasteiger partial charge in [-0.2, -0.15) is 8.78 Å². The van der Waals surface area contributed by atoms with Crippen molar-refractivity contribution < 1.29 is 26.8 Å². The van der Waals surface area contributed by atoms with Crippen LogP contribution in [0.3, 0.4) is 0 Å². The number of carbonyl (C=O) groups is 1. The Kier molecular flexibility index (Phi) is 6.17. The lowest BCUT2D eigenvalue weighted by Gasteiger charge is -2.20. The minimum atomic E-state index is -3.62. The molecule has 158 valence electrons. The van der Waals surface area contributed by atoms with Crippen LogP contribution in [-0.4, -0.2) is 17.4 Å². The smallest absolute Gasteiger partial charge is 0.308 e. The first-order valence-corrected chi connectivity index (χ1v) is 9.35. The van der Waals surface area contributed by atoms with Crippen molar-refractivity contribution >= 4 is 17.5 Å². The largest absolute Gasteiger partial charge is 0.472 e. The van der Waals surface area contributed by atoms with Crippen LogP contribution in [-0.2, 0) is 11.8 Å². The predicted octanol–water partition coefficient (Wildman–Crippen LogP) is 6.02. The molecule has 3 aromatic rings. The van der Waals surface area contributed by atoms with Crippen LogP contribution in [0.25, 0.3) is 11.1 Å². The summed E-state index contributed by atoms with van der Waals surface area (Å²) < 4.78 is 62.4. The van der Waals surface area contributed by atoms with E-state index in [-0.39, 0.29) is 10.6 Å². The molecule has 0 saturated carbocycles. The molecule has 0 aliphatic carbocycles. The second-order valence-electron chi connectivity index (χ2n) is 6.56. The van der Waals surface area contributed by atoms with E-state index < -0.39 is 42.0 Å². The zero-order valence-electron chi connectivity index (χ0n) is 15.8. The monoisotopic (exact) mass is 440 g/mol. The number of amides is 1. The molecule has 30 heavy (non-hydrogen) atoms. The highest BCUT2D eigenvalue weighted by molar-refractivity contribution is 6.31. The summed E-state index contributed by atoms with van der Waals surface area (Å²) in [5.74, 6) is -7.92. The van der Waals surface area contributed by atoms with Crippen LogP contribution in [0.4, 0.5) is 17.6 Å². The standard InChI is InChI=1S/C21H17ClF4N2O2/c1-2-20(23,24)16-6-4-3-5-15(16)19(29)28-12-21(25,26)18-17(22)9-14(10-27-18)13-7-8-30-11-13/h3-11H,2,12H2,1H3,(H,28,29). The van der Waals surface area contributed by atoms with Gasteiger partial charge in [-0.1, -0.05) is 36.7 Å². The van der Waals surface area contributed by atoms with Crippen LogP contribution >= 0.6 is 11.6 Å². The van der Waals surface area contributed by atoms with Gasteiger partial charge in [0.25, 0.3) is 11.8 Å². The van der Waals surface area contributed by atoms with Gasteiger partial charge in [0.2, 0.25) is 0 Å². The maximum absolute atomic E-state index is 14.6. The molecule has 2 aromatic heterocycles. The summed E-state index contributed by atoms with van der Waals surface area (Å²) in [6.07, 6.45) is 3.50. The number of hydrogen-bond acceptors (Lipinski definition) is 3. The lowest BCUT2D eigenvalue weighted by Crippen LogP contribution is -2.36. The SMILES string of the molecule is CCC(F)(F)c1ccccc1C(=O)NCC(F)(F)c1ncc(-c2ccoc2)cc1Cl. The maximum Gasteiger partial charge on any atom is 0.308 e. The Balaban J connectivity index is 1.78. The van der Waals surface area contributed by atoms with Gasteiger partial charge in [-0.3, -0.25) is 9.78 Å². The summed E-state index contributed by atoms with van der Waals surface area (Å²) in [6.45, 7) is 0.110. The van der Waals surface area contributed by atoms with Crippen LogP contribution < -0.4 is 5.32 Å². The van der Waals surface area contributed by atoms with Crippen molar-refractivity contribution in [2.24, 2.45) is 0 Å². The van der Waals surface area contributed by atoms with Crippen molar-refractivity contribution in [1.82, 2.24) is 10.3 Å². The molecular formula is C21H17ClF4N2O2. The van der Waals surface area contributed by atoms with Gasteiger partial charge in [-0.25, -0.2) is 8.78 Å². The normalized spacial score (nSPS) is 12.1. The van der Waals surface area contributed by atoms with Gasteiger partial charge in [0.15, 0.2) is 0 Å². The van der Waals surface area contributed by atoms with Crippen molar-refractivity contribution in [3.63, 3.8) is 0 Å². The van der Waals surface area contributed by atoms with Crippen LogP contribution in [0.1, 0.15) is 35.0 Å². The Morgan fingerprint density at radius 2 is 1.87 bits per heavy atom. The van der Waals surface area contributed by atoms with Crippen molar-refractivity contribution in [3.8, 4) is 11.1 Å². The molecule has 2 heterocycles. The number of benzene rings is 1. The van der Waals surface area contributed by atoms with Gasteiger partial charge >= 0.3 is 5.92 Å². The molecule has 0 radical (unpaired) electrons. The van der Waals surface area contributed by atoms with Crippen LogP contribution in [0, 0.1) is 0 Å². The van der Waals surface area contributed by atoms with E-state index in [1.807, 2.05) is 5.32 Å². The predicted molar refractivity (Wildman–Crippen MR) is 104 cm³/mol. The summed E-state index contributed by atoms with van der Waals surface area (Å²) in [5, 5.41) is 1.71. The molecule has 4 nitrogen and oxygen atoms in total. The minimum Gasteiger partial charge on any atom is -0.472 e. The molecule has 0 spiro atoms. The second-order valence-corrected chi connectivity index (χ2v) is 6.96. The highest BCUT2D eigenvalue weighted by Gasteiger charge is 2.38. The third-order valence-corrected chi connectivity index (χ3v) is 4.81. The molecular weight excluding hydrogens is 424 g/mol. The van der Waals surface area contributed by atoms with Gasteiger partial charge in [0.1, 0.15) is 5.69 Å². The van der Waals surface area contributed by atoms with Crippen LogP contribution in [0.5, 0.6) is 0 Å². The number of nitrogens with zero attached hydrogens (tertiary/aromatic N) is 1. The molecule has 1 aromatic carbocycles. The minimum absolute atomic E-state index is 0.300. The zero-order chi connectivity index (χ0) is 21.9. The Bertz CT molecular complexity index is 1040. The van der Waals surface area contributed by atoms with E-state index in [4.69, 9.17) is 16.0 Å². The molecule has 0 aliphatic heterocycles. The van der Waals surface area contributed by atoms with Crippen molar-refractivity contribution in [2.75, 3.05) is 6.54 Å². The quantitative estimate of drug-likeness (QED) is 0.457.